The molecule has 5 heteroatoms. The third-order valence-corrected chi connectivity index (χ3v) is 2.21. The van der Waals surface area contributed by atoms with E-state index in [2.05, 4.69) is 10.3 Å². The molecule has 1 aliphatic rings. The van der Waals surface area contributed by atoms with Gasteiger partial charge in [-0.25, -0.2) is 9.37 Å². The molecule has 14 heavy (non-hydrogen) atoms. The van der Waals surface area contributed by atoms with Gasteiger partial charge in [-0.05, 0) is 6.92 Å². The van der Waals surface area contributed by atoms with Crippen molar-refractivity contribution in [2.75, 3.05) is 7.11 Å². The van der Waals surface area contributed by atoms with E-state index in [4.69, 9.17) is 4.74 Å². The third-order valence-electron chi connectivity index (χ3n) is 2.21. The van der Waals surface area contributed by atoms with E-state index in [1.165, 1.54) is 14.0 Å². The van der Waals surface area contributed by atoms with Gasteiger partial charge in [-0.1, -0.05) is 0 Å². The molecule has 0 spiro atoms. The highest BCUT2D eigenvalue weighted by molar-refractivity contribution is 5.99. The predicted octanol–water partition coefficient (Wildman–Crippen LogP) is 0.781. The SMILES string of the molecule is COc1nc(C)c(F)c2c1CNC2=O. The van der Waals surface area contributed by atoms with Gasteiger partial charge < -0.3 is 10.1 Å². The second-order valence-electron chi connectivity index (χ2n) is 3.06. The Kier molecular flexibility index (Phi) is 1.87. The minimum atomic E-state index is -0.559. The van der Waals surface area contributed by atoms with Crippen molar-refractivity contribution in [1.29, 1.82) is 0 Å². The van der Waals surface area contributed by atoms with E-state index in [1.807, 2.05) is 0 Å². The molecule has 0 saturated carbocycles. The monoisotopic (exact) mass is 196 g/mol. The Morgan fingerprint density at radius 3 is 2.93 bits per heavy atom. The van der Waals surface area contributed by atoms with Gasteiger partial charge >= 0.3 is 0 Å². The maximum absolute atomic E-state index is 13.5. The summed E-state index contributed by atoms with van der Waals surface area (Å²) in [5.41, 5.74) is 0.743. The lowest BCUT2D eigenvalue weighted by atomic mass is 10.1. The van der Waals surface area contributed by atoms with Crippen molar-refractivity contribution in [2.45, 2.75) is 13.5 Å². The van der Waals surface area contributed by atoms with Gasteiger partial charge in [0.25, 0.3) is 5.91 Å². The van der Waals surface area contributed by atoms with Gasteiger partial charge in [-0.2, -0.15) is 0 Å². The number of hydrogen-bond donors (Lipinski definition) is 1. The zero-order valence-corrected chi connectivity index (χ0v) is 7.85. The largest absolute Gasteiger partial charge is 0.481 e. The number of hydrogen-bond acceptors (Lipinski definition) is 3. The van der Waals surface area contributed by atoms with Crippen molar-refractivity contribution in [3.63, 3.8) is 0 Å². The standard InChI is InChI=1S/C9H9FN2O2/c1-4-7(10)6-5(3-11-8(6)13)9(12-4)14-2/h3H2,1-2H3,(H,11,13). The molecule has 2 rings (SSSR count). The van der Waals surface area contributed by atoms with Crippen LogP contribution in [0.15, 0.2) is 0 Å². The summed E-state index contributed by atoms with van der Waals surface area (Å²) in [7, 11) is 1.45. The molecule has 1 aromatic rings. The van der Waals surface area contributed by atoms with Crippen LogP contribution in [0.3, 0.4) is 0 Å². The summed E-state index contributed by atoms with van der Waals surface area (Å²) in [5.74, 6) is -0.644. The number of nitrogens with zero attached hydrogens (tertiary/aromatic N) is 1. The van der Waals surface area contributed by atoms with Crippen LogP contribution in [-0.2, 0) is 6.54 Å². The number of pyridine rings is 1. The highest BCUT2D eigenvalue weighted by atomic mass is 19.1. The van der Waals surface area contributed by atoms with Crippen LogP contribution in [0.2, 0.25) is 0 Å². The second kappa shape index (κ2) is 2.94. The lowest BCUT2D eigenvalue weighted by molar-refractivity contribution is 0.0962. The van der Waals surface area contributed by atoms with Crippen molar-refractivity contribution in [2.24, 2.45) is 0 Å². The highest BCUT2D eigenvalue weighted by Crippen LogP contribution is 2.27. The van der Waals surface area contributed by atoms with Crippen LogP contribution in [0, 0.1) is 12.7 Å². The fraction of sp³-hybridized carbons (Fsp3) is 0.333. The topological polar surface area (TPSA) is 51.2 Å². The number of amides is 1. The van der Waals surface area contributed by atoms with Gasteiger partial charge in [-0.3, -0.25) is 4.79 Å². The van der Waals surface area contributed by atoms with Crippen LogP contribution >= 0.6 is 0 Å². The third kappa shape index (κ3) is 1.05. The summed E-state index contributed by atoms with van der Waals surface area (Å²) in [6, 6.07) is 0. The minimum Gasteiger partial charge on any atom is -0.481 e. The molecule has 1 N–H and O–H groups in total. The Labute approximate surface area is 80.1 Å². The van der Waals surface area contributed by atoms with E-state index < -0.39 is 11.7 Å². The first kappa shape index (κ1) is 8.93. The number of ether oxygens (including phenoxy) is 1. The van der Waals surface area contributed by atoms with Crippen molar-refractivity contribution in [1.82, 2.24) is 10.3 Å². The average molecular weight is 196 g/mol. The van der Waals surface area contributed by atoms with E-state index in [-0.39, 0.29) is 17.8 Å². The summed E-state index contributed by atoms with van der Waals surface area (Å²) in [6.45, 7) is 1.78. The molecule has 0 radical (unpaired) electrons. The van der Waals surface area contributed by atoms with Crippen LogP contribution < -0.4 is 10.1 Å². The summed E-state index contributed by atoms with van der Waals surface area (Å²) in [4.78, 5) is 15.2. The number of carbonyl (C=O) groups is 1. The Morgan fingerprint density at radius 2 is 2.29 bits per heavy atom. The smallest absolute Gasteiger partial charge is 0.255 e. The van der Waals surface area contributed by atoms with Crippen LogP contribution in [0.25, 0.3) is 0 Å². The number of rotatable bonds is 1. The zero-order chi connectivity index (χ0) is 10.3. The molecular formula is C9H9FN2O2. The summed E-state index contributed by atoms with van der Waals surface area (Å²) in [5, 5.41) is 2.53. The molecule has 4 nitrogen and oxygen atoms in total. The molecule has 0 aliphatic carbocycles. The zero-order valence-electron chi connectivity index (χ0n) is 7.85. The molecular weight excluding hydrogens is 187 g/mol. The van der Waals surface area contributed by atoms with Gasteiger partial charge in [0.1, 0.15) is 0 Å². The van der Waals surface area contributed by atoms with Gasteiger partial charge in [0.05, 0.1) is 18.4 Å². The first-order chi connectivity index (χ1) is 6.65. The second-order valence-corrected chi connectivity index (χ2v) is 3.06. The Hall–Kier alpha value is -1.65. The Morgan fingerprint density at radius 1 is 1.57 bits per heavy atom. The van der Waals surface area contributed by atoms with Crippen LogP contribution in [0.1, 0.15) is 21.6 Å². The van der Waals surface area contributed by atoms with Crippen molar-refractivity contribution in [3.8, 4) is 5.88 Å². The van der Waals surface area contributed by atoms with E-state index in [0.717, 1.165) is 0 Å². The van der Waals surface area contributed by atoms with Gasteiger partial charge in [0.15, 0.2) is 5.82 Å². The van der Waals surface area contributed by atoms with E-state index in [0.29, 0.717) is 11.4 Å². The number of halogens is 1. The lowest BCUT2D eigenvalue weighted by Gasteiger charge is -2.06. The minimum absolute atomic E-state index is 0.0642. The Balaban J connectivity index is 2.72. The first-order valence-corrected chi connectivity index (χ1v) is 4.16. The number of carbonyl (C=O) groups excluding carboxylic acids is 1. The fourth-order valence-corrected chi connectivity index (χ4v) is 1.52. The highest BCUT2D eigenvalue weighted by Gasteiger charge is 2.28. The molecule has 0 aromatic carbocycles. The van der Waals surface area contributed by atoms with Crippen molar-refractivity contribution >= 4 is 5.91 Å². The molecule has 0 fully saturated rings. The summed E-state index contributed by atoms with van der Waals surface area (Å²) < 4.78 is 18.5. The normalized spacial score (nSPS) is 13.8. The maximum Gasteiger partial charge on any atom is 0.255 e. The first-order valence-electron chi connectivity index (χ1n) is 4.16. The van der Waals surface area contributed by atoms with Gasteiger partial charge in [0, 0.05) is 12.1 Å². The number of aromatic nitrogens is 1. The fourth-order valence-electron chi connectivity index (χ4n) is 1.52. The van der Waals surface area contributed by atoms with E-state index in [1.54, 1.807) is 0 Å². The number of methoxy groups -OCH3 is 1. The van der Waals surface area contributed by atoms with Crippen LogP contribution in [0.4, 0.5) is 4.39 Å². The predicted molar refractivity (Wildman–Crippen MR) is 46.7 cm³/mol. The average Bonchev–Trinajstić information content (AvgIpc) is 2.54. The molecule has 0 saturated heterocycles. The lowest BCUT2D eigenvalue weighted by Crippen LogP contribution is -2.13. The molecule has 2 heterocycles. The van der Waals surface area contributed by atoms with Gasteiger partial charge in [-0.15, -0.1) is 0 Å². The number of fused-ring (bicyclic) bond motifs is 1. The molecule has 1 aromatic heterocycles. The van der Waals surface area contributed by atoms with Crippen molar-refractivity contribution in [3.05, 3.63) is 22.6 Å². The van der Waals surface area contributed by atoms with Crippen LogP contribution in [0.5, 0.6) is 5.88 Å². The van der Waals surface area contributed by atoms with Gasteiger partial charge in [0.2, 0.25) is 5.88 Å². The summed E-state index contributed by atoms with van der Waals surface area (Å²) in [6.07, 6.45) is 0. The number of nitrogens with one attached hydrogen (secondary N) is 1. The van der Waals surface area contributed by atoms with E-state index >= 15 is 0 Å². The van der Waals surface area contributed by atoms with Crippen molar-refractivity contribution < 1.29 is 13.9 Å². The molecule has 74 valence electrons. The molecule has 0 atom stereocenters. The molecule has 0 bridgehead atoms. The van der Waals surface area contributed by atoms with E-state index in [9.17, 15) is 9.18 Å². The molecule has 1 aliphatic heterocycles. The Bertz CT molecular complexity index is 418. The maximum atomic E-state index is 13.5. The number of aryl methyl sites for hydroxylation is 1. The van der Waals surface area contributed by atoms with Crippen LogP contribution in [-0.4, -0.2) is 18.0 Å². The molecule has 1 amide bonds. The molecule has 0 unspecified atom stereocenters. The quantitative estimate of drug-likeness (QED) is 0.722. The summed E-state index contributed by atoms with van der Waals surface area (Å²) >= 11 is 0.